The summed E-state index contributed by atoms with van der Waals surface area (Å²) < 4.78 is 29.8. The Morgan fingerprint density at radius 3 is 2.38 bits per heavy atom. The maximum atomic E-state index is 13.4. The second-order valence-electron chi connectivity index (χ2n) is 8.90. The van der Waals surface area contributed by atoms with Crippen LogP contribution in [-0.4, -0.2) is 43.6 Å². The van der Waals surface area contributed by atoms with E-state index >= 15 is 0 Å². The van der Waals surface area contributed by atoms with E-state index in [1.165, 1.54) is 60.7 Å². The smallest absolute Gasteiger partial charge is 0.335 e. The molecule has 12 heteroatoms. The van der Waals surface area contributed by atoms with Crippen LogP contribution in [0.15, 0.2) is 66.2 Å². The molecule has 3 aromatic rings. The molecule has 1 aliphatic heterocycles. The van der Waals surface area contributed by atoms with Crippen LogP contribution in [0.3, 0.4) is 0 Å². The predicted octanol–water partition coefficient (Wildman–Crippen LogP) is 5.35. The fraction of sp³-hybridized carbons (Fsp3) is 0.200. The molecule has 0 bridgehead atoms. The van der Waals surface area contributed by atoms with Crippen LogP contribution in [-0.2, 0) is 14.4 Å². The maximum absolute atomic E-state index is 13.4. The van der Waals surface area contributed by atoms with Gasteiger partial charge in [-0.15, -0.1) is 0 Å². The molecule has 0 unspecified atom stereocenters. The van der Waals surface area contributed by atoms with E-state index < -0.39 is 29.6 Å². The predicted molar refractivity (Wildman–Crippen MR) is 154 cm³/mol. The summed E-state index contributed by atoms with van der Waals surface area (Å²) >= 11 is 6.32. The zero-order valence-corrected chi connectivity index (χ0v) is 23.5. The number of ether oxygens (including phenoxy) is 3. The zero-order chi connectivity index (χ0) is 30.2. The van der Waals surface area contributed by atoms with Gasteiger partial charge < -0.3 is 19.5 Å². The number of nitrogens with zero attached hydrogens (tertiary/aromatic N) is 1. The topological polar surface area (TPSA) is 123 Å². The van der Waals surface area contributed by atoms with Crippen LogP contribution in [0.2, 0.25) is 5.02 Å². The van der Waals surface area contributed by atoms with Gasteiger partial charge in [-0.25, -0.2) is 14.1 Å². The average molecular weight is 596 g/mol. The lowest BCUT2D eigenvalue weighted by Crippen LogP contribution is -2.54. The Hall–Kier alpha value is -4.90. The first-order chi connectivity index (χ1) is 20.2. The average Bonchev–Trinajstić information content (AvgIpc) is 2.95. The third-order valence-corrected chi connectivity index (χ3v) is 6.10. The monoisotopic (exact) mass is 595 g/mol. The van der Waals surface area contributed by atoms with Crippen molar-refractivity contribution >= 4 is 52.8 Å². The number of rotatable bonds is 11. The molecule has 0 saturated carbocycles. The molecule has 1 heterocycles. The first kappa shape index (κ1) is 30.1. The number of nitrogens with one attached hydrogen (secondary N) is 2. The molecule has 0 atom stereocenters. The minimum atomic E-state index is -0.910. The highest BCUT2D eigenvalue weighted by Crippen LogP contribution is 2.34. The van der Waals surface area contributed by atoms with Crippen molar-refractivity contribution in [2.45, 2.75) is 20.3 Å². The molecule has 0 aromatic heterocycles. The standard InChI is InChI=1S/C30H27ClFN3O7/c1-3-13-41-25-12-10-21(16-26(25)40-4-2)35-29(38)22(28(37)34-30(35)39)14-18-5-11-24(23(31)15-18)42-17-27(36)33-20-8-6-19(32)7-9-20/h5-12,14-16H,3-4,13,17H2,1-2H3,(H,33,36)(H,34,37,39)/b22-14+. The summed E-state index contributed by atoms with van der Waals surface area (Å²) in [7, 11) is 0. The molecular weight excluding hydrogens is 569 g/mol. The lowest BCUT2D eigenvalue weighted by Gasteiger charge is -2.27. The molecule has 1 saturated heterocycles. The van der Waals surface area contributed by atoms with Crippen LogP contribution in [0.4, 0.5) is 20.6 Å². The van der Waals surface area contributed by atoms with Crippen LogP contribution < -0.4 is 29.7 Å². The number of carbonyl (C=O) groups is 4. The Morgan fingerprint density at radius 1 is 0.952 bits per heavy atom. The largest absolute Gasteiger partial charge is 0.490 e. The lowest BCUT2D eigenvalue weighted by molar-refractivity contribution is -0.122. The summed E-state index contributed by atoms with van der Waals surface area (Å²) in [6.07, 6.45) is 2.07. The summed E-state index contributed by atoms with van der Waals surface area (Å²) in [6, 6.07) is 13.4. The highest BCUT2D eigenvalue weighted by atomic mass is 35.5. The summed E-state index contributed by atoms with van der Waals surface area (Å²) in [5.74, 6) is -1.65. The third-order valence-electron chi connectivity index (χ3n) is 5.80. The summed E-state index contributed by atoms with van der Waals surface area (Å²) in [5, 5.41) is 4.85. The molecule has 1 aliphatic rings. The number of hydrogen-bond donors (Lipinski definition) is 2. The molecule has 2 N–H and O–H groups in total. The van der Waals surface area contributed by atoms with Crippen molar-refractivity contribution in [1.29, 1.82) is 0 Å². The zero-order valence-electron chi connectivity index (χ0n) is 22.7. The third kappa shape index (κ3) is 7.24. The fourth-order valence-electron chi connectivity index (χ4n) is 3.89. The van der Waals surface area contributed by atoms with Crippen molar-refractivity contribution in [1.82, 2.24) is 5.32 Å². The van der Waals surface area contributed by atoms with Crippen molar-refractivity contribution < 1.29 is 37.8 Å². The Morgan fingerprint density at radius 2 is 1.69 bits per heavy atom. The number of hydrogen-bond acceptors (Lipinski definition) is 7. The number of urea groups is 1. The van der Waals surface area contributed by atoms with Gasteiger partial charge in [0.05, 0.1) is 23.9 Å². The number of barbiturate groups is 1. The Balaban J connectivity index is 1.50. The van der Waals surface area contributed by atoms with Crippen molar-refractivity contribution in [3.63, 3.8) is 0 Å². The number of imide groups is 2. The second-order valence-corrected chi connectivity index (χ2v) is 9.31. The van der Waals surface area contributed by atoms with E-state index in [-0.39, 0.29) is 28.6 Å². The van der Waals surface area contributed by atoms with Gasteiger partial charge in [0.2, 0.25) is 0 Å². The van der Waals surface area contributed by atoms with Gasteiger partial charge in [-0.1, -0.05) is 24.6 Å². The molecule has 42 heavy (non-hydrogen) atoms. The molecule has 0 radical (unpaired) electrons. The van der Waals surface area contributed by atoms with Gasteiger partial charge in [0, 0.05) is 11.8 Å². The van der Waals surface area contributed by atoms with E-state index in [1.807, 2.05) is 6.92 Å². The van der Waals surface area contributed by atoms with Gasteiger partial charge in [-0.05, 0) is 73.5 Å². The van der Waals surface area contributed by atoms with Crippen molar-refractivity contribution in [2.75, 3.05) is 30.0 Å². The molecule has 218 valence electrons. The minimum absolute atomic E-state index is 0.111. The van der Waals surface area contributed by atoms with Crippen molar-refractivity contribution in [3.05, 3.63) is 82.6 Å². The van der Waals surface area contributed by atoms with Crippen LogP contribution in [0.1, 0.15) is 25.8 Å². The molecule has 3 aromatic carbocycles. The molecule has 5 amide bonds. The van der Waals surface area contributed by atoms with E-state index in [0.717, 1.165) is 11.3 Å². The van der Waals surface area contributed by atoms with E-state index in [1.54, 1.807) is 13.0 Å². The molecule has 1 fully saturated rings. The molecular formula is C30H27ClFN3O7. The van der Waals surface area contributed by atoms with Crippen molar-refractivity contribution in [2.24, 2.45) is 0 Å². The van der Waals surface area contributed by atoms with E-state index in [4.69, 9.17) is 25.8 Å². The Bertz CT molecular complexity index is 1540. The van der Waals surface area contributed by atoms with Crippen LogP contribution in [0.25, 0.3) is 6.08 Å². The van der Waals surface area contributed by atoms with Crippen LogP contribution >= 0.6 is 11.6 Å². The maximum Gasteiger partial charge on any atom is 0.335 e. The van der Waals surface area contributed by atoms with Gasteiger partial charge in [0.1, 0.15) is 17.1 Å². The van der Waals surface area contributed by atoms with E-state index in [9.17, 15) is 23.6 Å². The second kappa shape index (κ2) is 13.6. The number of carbonyl (C=O) groups excluding carboxylic acids is 4. The van der Waals surface area contributed by atoms with Gasteiger partial charge in [-0.3, -0.25) is 19.7 Å². The summed E-state index contributed by atoms with van der Waals surface area (Å²) in [5.41, 5.74) is 0.649. The van der Waals surface area contributed by atoms with E-state index in [2.05, 4.69) is 10.6 Å². The molecule has 0 spiro atoms. The molecule has 0 aliphatic carbocycles. The number of anilines is 2. The first-order valence-corrected chi connectivity index (χ1v) is 13.4. The van der Waals surface area contributed by atoms with Gasteiger partial charge in [0.25, 0.3) is 17.7 Å². The highest BCUT2D eigenvalue weighted by molar-refractivity contribution is 6.39. The van der Waals surface area contributed by atoms with Crippen LogP contribution in [0, 0.1) is 5.82 Å². The van der Waals surface area contributed by atoms with Gasteiger partial charge in [0.15, 0.2) is 18.1 Å². The highest BCUT2D eigenvalue weighted by Gasteiger charge is 2.37. The number of halogens is 2. The van der Waals surface area contributed by atoms with E-state index in [0.29, 0.717) is 36.0 Å². The minimum Gasteiger partial charge on any atom is -0.490 e. The summed E-state index contributed by atoms with van der Waals surface area (Å²) in [4.78, 5) is 51.7. The fourth-order valence-corrected chi connectivity index (χ4v) is 4.14. The lowest BCUT2D eigenvalue weighted by atomic mass is 10.1. The Kier molecular flexibility index (Phi) is 9.77. The quantitative estimate of drug-likeness (QED) is 0.226. The molecule has 4 rings (SSSR count). The molecule has 10 nitrogen and oxygen atoms in total. The van der Waals surface area contributed by atoms with Gasteiger partial charge >= 0.3 is 6.03 Å². The number of amides is 5. The number of benzene rings is 3. The van der Waals surface area contributed by atoms with Gasteiger partial charge in [-0.2, -0.15) is 0 Å². The Labute approximate surface area is 246 Å². The SMILES string of the molecule is CCCOc1ccc(N2C(=O)NC(=O)/C(=C\c3ccc(OCC(=O)Nc4ccc(F)cc4)c(Cl)c3)C2=O)cc1OCC. The summed E-state index contributed by atoms with van der Waals surface area (Å²) in [6.45, 7) is 4.16. The normalized spacial score (nSPS) is 14.0. The first-order valence-electron chi connectivity index (χ1n) is 13.0. The van der Waals surface area contributed by atoms with Crippen LogP contribution in [0.5, 0.6) is 17.2 Å². The van der Waals surface area contributed by atoms with Crippen molar-refractivity contribution in [3.8, 4) is 17.2 Å².